The lowest BCUT2D eigenvalue weighted by Crippen LogP contribution is -2.06. The molecule has 1 heterocycles. The monoisotopic (exact) mass is 291 g/mol. The van der Waals surface area contributed by atoms with Gasteiger partial charge in [0, 0.05) is 19.2 Å². The first-order valence-corrected chi connectivity index (χ1v) is 6.84. The van der Waals surface area contributed by atoms with Crippen LogP contribution < -0.4 is 10.1 Å². The molecule has 0 saturated heterocycles. The summed E-state index contributed by atoms with van der Waals surface area (Å²) in [7, 11) is 0. The van der Waals surface area contributed by atoms with Crippen molar-refractivity contribution in [1.82, 2.24) is 9.97 Å². The molecule has 0 aliphatic carbocycles. The van der Waals surface area contributed by atoms with Crippen LogP contribution in [0.5, 0.6) is 11.6 Å². The number of benzene rings is 1. The fourth-order valence-corrected chi connectivity index (χ4v) is 1.68. The van der Waals surface area contributed by atoms with E-state index in [1.165, 1.54) is 12.1 Å². The highest BCUT2D eigenvalue weighted by Gasteiger charge is 2.07. The molecule has 0 saturated carbocycles. The van der Waals surface area contributed by atoms with Crippen molar-refractivity contribution < 1.29 is 13.9 Å². The van der Waals surface area contributed by atoms with Gasteiger partial charge < -0.3 is 14.8 Å². The molecule has 0 aliphatic heterocycles. The number of hydrogen-bond donors (Lipinski definition) is 1. The minimum absolute atomic E-state index is 0.310. The quantitative estimate of drug-likeness (QED) is 0.847. The minimum Gasteiger partial charge on any atom is -0.439 e. The number of ether oxygens (including phenoxy) is 2. The van der Waals surface area contributed by atoms with Crippen molar-refractivity contribution in [3.8, 4) is 11.6 Å². The molecule has 2 aromatic rings. The van der Waals surface area contributed by atoms with Crippen LogP contribution in [-0.2, 0) is 11.3 Å². The van der Waals surface area contributed by atoms with E-state index in [1.807, 2.05) is 13.8 Å². The predicted molar refractivity (Wildman–Crippen MR) is 78.0 cm³/mol. The molecule has 2 rings (SSSR count). The topological polar surface area (TPSA) is 56.3 Å². The van der Waals surface area contributed by atoms with Gasteiger partial charge in [0.2, 0.25) is 5.88 Å². The molecule has 0 amide bonds. The molecule has 5 nitrogen and oxygen atoms in total. The number of rotatable bonds is 7. The summed E-state index contributed by atoms with van der Waals surface area (Å²) >= 11 is 0. The zero-order valence-corrected chi connectivity index (χ0v) is 12.1. The average Bonchev–Trinajstić information content (AvgIpc) is 2.48. The second-order valence-electron chi connectivity index (χ2n) is 4.23. The summed E-state index contributed by atoms with van der Waals surface area (Å²) in [6.07, 6.45) is 0. The molecule has 0 fully saturated rings. The molecule has 6 heteroatoms. The molecular weight excluding hydrogens is 273 g/mol. The van der Waals surface area contributed by atoms with Gasteiger partial charge in [-0.3, -0.25) is 0 Å². The van der Waals surface area contributed by atoms with Crippen molar-refractivity contribution >= 4 is 5.82 Å². The van der Waals surface area contributed by atoms with Gasteiger partial charge in [-0.05, 0) is 38.1 Å². The Morgan fingerprint density at radius 1 is 1.14 bits per heavy atom. The molecular formula is C15H18FN3O2. The molecule has 1 N–H and O–H groups in total. The molecule has 1 aromatic carbocycles. The van der Waals surface area contributed by atoms with Gasteiger partial charge in [0.15, 0.2) is 5.82 Å². The van der Waals surface area contributed by atoms with Crippen LogP contribution in [0, 0.1) is 5.82 Å². The second-order valence-corrected chi connectivity index (χ2v) is 4.23. The highest BCUT2D eigenvalue weighted by atomic mass is 19.1. The summed E-state index contributed by atoms with van der Waals surface area (Å²) in [6.45, 7) is 5.52. The number of halogens is 1. The van der Waals surface area contributed by atoms with Crippen molar-refractivity contribution in [2.24, 2.45) is 0 Å². The summed E-state index contributed by atoms with van der Waals surface area (Å²) in [6, 6.07) is 7.47. The zero-order chi connectivity index (χ0) is 15.1. The predicted octanol–water partition coefficient (Wildman–Crippen LogP) is 3.38. The third kappa shape index (κ3) is 4.68. The van der Waals surface area contributed by atoms with E-state index in [0.717, 1.165) is 6.54 Å². The third-order valence-corrected chi connectivity index (χ3v) is 2.58. The van der Waals surface area contributed by atoms with Crippen LogP contribution in [0.1, 0.15) is 19.7 Å². The highest BCUT2D eigenvalue weighted by molar-refractivity contribution is 5.40. The lowest BCUT2D eigenvalue weighted by Gasteiger charge is -2.10. The van der Waals surface area contributed by atoms with Gasteiger partial charge >= 0.3 is 0 Å². The van der Waals surface area contributed by atoms with Crippen LogP contribution in [0.25, 0.3) is 0 Å². The standard InChI is InChI=1S/C15H18FN3O2/c1-3-17-13-9-15(19-14(18-13)10-20-4-2)21-12-7-5-11(16)6-8-12/h5-9H,3-4,10H2,1-2H3,(H,17,18,19). The van der Waals surface area contributed by atoms with Crippen LogP contribution in [0.4, 0.5) is 10.2 Å². The molecule has 0 radical (unpaired) electrons. The maximum atomic E-state index is 12.9. The van der Waals surface area contributed by atoms with Crippen molar-refractivity contribution in [2.45, 2.75) is 20.5 Å². The van der Waals surface area contributed by atoms with Gasteiger partial charge in [0.25, 0.3) is 0 Å². The fraction of sp³-hybridized carbons (Fsp3) is 0.333. The van der Waals surface area contributed by atoms with E-state index in [2.05, 4.69) is 15.3 Å². The van der Waals surface area contributed by atoms with Crippen molar-refractivity contribution in [3.05, 3.63) is 42.0 Å². The summed E-state index contributed by atoms with van der Waals surface area (Å²) in [5.41, 5.74) is 0. The van der Waals surface area contributed by atoms with E-state index in [0.29, 0.717) is 36.5 Å². The molecule has 0 spiro atoms. The van der Waals surface area contributed by atoms with Gasteiger partial charge in [-0.2, -0.15) is 4.98 Å². The van der Waals surface area contributed by atoms with Gasteiger partial charge in [-0.1, -0.05) is 0 Å². The Bertz CT molecular complexity index is 576. The van der Waals surface area contributed by atoms with Gasteiger partial charge in [0.1, 0.15) is 24.0 Å². The number of anilines is 1. The zero-order valence-electron chi connectivity index (χ0n) is 12.1. The normalized spacial score (nSPS) is 10.4. The van der Waals surface area contributed by atoms with E-state index in [9.17, 15) is 4.39 Å². The first-order chi connectivity index (χ1) is 10.2. The Morgan fingerprint density at radius 2 is 1.90 bits per heavy atom. The van der Waals surface area contributed by atoms with Crippen molar-refractivity contribution in [2.75, 3.05) is 18.5 Å². The summed E-state index contributed by atoms with van der Waals surface area (Å²) in [4.78, 5) is 8.61. The average molecular weight is 291 g/mol. The maximum absolute atomic E-state index is 12.9. The van der Waals surface area contributed by atoms with Crippen molar-refractivity contribution in [3.63, 3.8) is 0 Å². The molecule has 0 unspecified atom stereocenters. The maximum Gasteiger partial charge on any atom is 0.224 e. The van der Waals surface area contributed by atoms with Crippen LogP contribution >= 0.6 is 0 Å². The molecule has 0 atom stereocenters. The summed E-state index contributed by atoms with van der Waals surface area (Å²) in [5.74, 6) is 1.80. The van der Waals surface area contributed by atoms with E-state index in [1.54, 1.807) is 18.2 Å². The Hall–Kier alpha value is -2.21. The first kappa shape index (κ1) is 15.2. The van der Waals surface area contributed by atoms with E-state index in [-0.39, 0.29) is 5.82 Å². The molecule has 21 heavy (non-hydrogen) atoms. The number of nitrogens with zero attached hydrogens (tertiary/aromatic N) is 2. The van der Waals surface area contributed by atoms with Crippen LogP contribution in [0.3, 0.4) is 0 Å². The van der Waals surface area contributed by atoms with Gasteiger partial charge in [-0.25, -0.2) is 9.37 Å². The van der Waals surface area contributed by atoms with Crippen molar-refractivity contribution in [1.29, 1.82) is 0 Å². The van der Waals surface area contributed by atoms with E-state index in [4.69, 9.17) is 9.47 Å². The van der Waals surface area contributed by atoms with Crippen LogP contribution in [0.2, 0.25) is 0 Å². The third-order valence-electron chi connectivity index (χ3n) is 2.58. The Kier molecular flexibility index (Phi) is 5.45. The molecule has 0 aliphatic rings. The second kappa shape index (κ2) is 7.54. The first-order valence-electron chi connectivity index (χ1n) is 6.84. The van der Waals surface area contributed by atoms with Gasteiger partial charge in [-0.15, -0.1) is 0 Å². The van der Waals surface area contributed by atoms with E-state index < -0.39 is 0 Å². The number of hydrogen-bond acceptors (Lipinski definition) is 5. The highest BCUT2D eigenvalue weighted by Crippen LogP contribution is 2.22. The Labute approximate surface area is 123 Å². The van der Waals surface area contributed by atoms with Crippen LogP contribution in [0.15, 0.2) is 30.3 Å². The minimum atomic E-state index is -0.310. The molecule has 1 aromatic heterocycles. The molecule has 0 bridgehead atoms. The number of aromatic nitrogens is 2. The fourth-order valence-electron chi connectivity index (χ4n) is 1.68. The summed E-state index contributed by atoms with van der Waals surface area (Å²) in [5, 5.41) is 3.11. The SMILES string of the molecule is CCNc1cc(Oc2ccc(F)cc2)nc(COCC)n1. The lowest BCUT2D eigenvalue weighted by molar-refractivity contribution is 0.128. The van der Waals surface area contributed by atoms with Crippen LogP contribution in [-0.4, -0.2) is 23.1 Å². The molecule has 112 valence electrons. The van der Waals surface area contributed by atoms with E-state index >= 15 is 0 Å². The largest absolute Gasteiger partial charge is 0.439 e. The number of nitrogens with one attached hydrogen (secondary N) is 1. The lowest BCUT2D eigenvalue weighted by atomic mass is 10.3. The summed E-state index contributed by atoms with van der Waals surface area (Å²) < 4.78 is 23.8. The Balaban J connectivity index is 2.19. The Morgan fingerprint density at radius 3 is 2.57 bits per heavy atom. The smallest absolute Gasteiger partial charge is 0.224 e. The van der Waals surface area contributed by atoms with Gasteiger partial charge in [0.05, 0.1) is 0 Å².